The second kappa shape index (κ2) is 7.13. The van der Waals surface area contributed by atoms with Crippen LogP contribution in [0.25, 0.3) is 0 Å². The van der Waals surface area contributed by atoms with Gasteiger partial charge in [-0.2, -0.15) is 13.2 Å². The van der Waals surface area contributed by atoms with Gasteiger partial charge in [-0.25, -0.2) is 8.42 Å². The van der Waals surface area contributed by atoms with E-state index in [1.807, 2.05) is 6.92 Å². The van der Waals surface area contributed by atoms with E-state index in [-0.39, 0.29) is 17.1 Å². The third-order valence-corrected chi connectivity index (χ3v) is 5.85. The van der Waals surface area contributed by atoms with Crippen molar-refractivity contribution in [3.63, 3.8) is 0 Å². The number of hydrogen-bond donors (Lipinski definition) is 0. The molecule has 0 radical (unpaired) electrons. The lowest BCUT2D eigenvalue weighted by Crippen LogP contribution is -2.41. The summed E-state index contributed by atoms with van der Waals surface area (Å²) in [5.41, 5.74) is -0.951. The van der Waals surface area contributed by atoms with Crippen molar-refractivity contribution in [3.8, 4) is 0 Å². The monoisotopic (exact) mass is 363 g/mol. The van der Waals surface area contributed by atoms with E-state index in [1.54, 1.807) is 0 Å². The quantitative estimate of drug-likeness (QED) is 0.808. The highest BCUT2D eigenvalue weighted by Crippen LogP contribution is 2.30. The average Bonchev–Trinajstić information content (AvgIpc) is 2.86. The summed E-state index contributed by atoms with van der Waals surface area (Å²) in [6.45, 7) is 2.27. The first-order valence-electron chi connectivity index (χ1n) is 7.82. The standard InChI is InChI=1S/C16H20F3NO3S/c1-2-3-8-20(14-7-9-24(22,23)11-14)15(21)12-5-4-6-13(10-12)16(17,18)19/h4-6,10,14H,2-3,7-9,11H2,1H3/t14-/m1/s1. The van der Waals surface area contributed by atoms with E-state index in [1.165, 1.54) is 17.0 Å². The number of rotatable bonds is 5. The highest BCUT2D eigenvalue weighted by molar-refractivity contribution is 7.91. The third kappa shape index (κ3) is 4.49. The largest absolute Gasteiger partial charge is 0.416 e. The fourth-order valence-corrected chi connectivity index (χ4v) is 4.52. The molecule has 1 fully saturated rings. The first-order chi connectivity index (χ1) is 11.1. The molecule has 1 aromatic rings. The van der Waals surface area contributed by atoms with E-state index in [0.717, 1.165) is 18.6 Å². The van der Waals surface area contributed by atoms with E-state index in [9.17, 15) is 26.4 Å². The van der Waals surface area contributed by atoms with Gasteiger partial charge in [-0.3, -0.25) is 4.79 Å². The number of halogens is 3. The van der Waals surface area contributed by atoms with E-state index < -0.39 is 33.5 Å². The van der Waals surface area contributed by atoms with Crippen LogP contribution >= 0.6 is 0 Å². The number of carbonyl (C=O) groups excluding carboxylic acids is 1. The summed E-state index contributed by atoms with van der Waals surface area (Å²) in [7, 11) is -3.19. The molecule has 134 valence electrons. The first-order valence-corrected chi connectivity index (χ1v) is 9.65. The van der Waals surface area contributed by atoms with Crippen molar-refractivity contribution in [1.29, 1.82) is 0 Å². The number of unbranched alkanes of at least 4 members (excludes halogenated alkanes) is 1. The first kappa shape index (κ1) is 18.8. The molecule has 0 aromatic heterocycles. The van der Waals surface area contributed by atoms with Gasteiger partial charge in [0.1, 0.15) is 0 Å². The van der Waals surface area contributed by atoms with Crippen LogP contribution in [0.3, 0.4) is 0 Å². The summed E-state index contributed by atoms with van der Waals surface area (Å²) in [6, 6.07) is 3.79. The second-order valence-corrected chi connectivity index (χ2v) is 8.22. The number of hydrogen-bond acceptors (Lipinski definition) is 3. The maximum Gasteiger partial charge on any atom is 0.416 e. The molecule has 24 heavy (non-hydrogen) atoms. The van der Waals surface area contributed by atoms with Crippen molar-refractivity contribution in [3.05, 3.63) is 35.4 Å². The van der Waals surface area contributed by atoms with Crippen molar-refractivity contribution in [2.75, 3.05) is 18.1 Å². The minimum absolute atomic E-state index is 0.0101. The number of nitrogens with zero attached hydrogens (tertiary/aromatic N) is 1. The Balaban J connectivity index is 2.28. The molecule has 1 atom stereocenters. The van der Waals surface area contributed by atoms with Crippen molar-refractivity contribution in [1.82, 2.24) is 4.90 Å². The Kier molecular flexibility index (Phi) is 5.57. The lowest BCUT2D eigenvalue weighted by molar-refractivity contribution is -0.137. The molecule has 0 aliphatic carbocycles. The van der Waals surface area contributed by atoms with Crippen molar-refractivity contribution in [2.24, 2.45) is 0 Å². The molecule has 1 aliphatic rings. The van der Waals surface area contributed by atoms with Crippen molar-refractivity contribution in [2.45, 2.75) is 38.4 Å². The third-order valence-electron chi connectivity index (χ3n) is 4.10. The van der Waals surface area contributed by atoms with Crippen LogP contribution in [0.5, 0.6) is 0 Å². The van der Waals surface area contributed by atoms with Crippen LogP contribution in [-0.2, 0) is 16.0 Å². The Hall–Kier alpha value is -1.57. The number of amides is 1. The lowest BCUT2D eigenvalue weighted by Gasteiger charge is -2.28. The highest BCUT2D eigenvalue weighted by atomic mass is 32.2. The van der Waals surface area contributed by atoms with E-state index in [2.05, 4.69) is 0 Å². The summed E-state index contributed by atoms with van der Waals surface area (Å²) in [5.74, 6) is -0.658. The lowest BCUT2D eigenvalue weighted by atomic mass is 10.1. The number of carbonyl (C=O) groups is 1. The number of sulfone groups is 1. The Labute approximate surface area is 139 Å². The van der Waals surface area contributed by atoms with Gasteiger partial charge in [-0.05, 0) is 31.0 Å². The highest BCUT2D eigenvalue weighted by Gasteiger charge is 2.36. The van der Waals surface area contributed by atoms with Gasteiger partial charge in [0.25, 0.3) is 5.91 Å². The average molecular weight is 363 g/mol. The zero-order chi connectivity index (χ0) is 18.0. The molecule has 0 spiro atoms. The van der Waals surface area contributed by atoms with Gasteiger partial charge < -0.3 is 4.90 Å². The van der Waals surface area contributed by atoms with Crippen LogP contribution in [0.1, 0.15) is 42.1 Å². The molecule has 0 bridgehead atoms. The second-order valence-electron chi connectivity index (χ2n) is 5.99. The van der Waals surface area contributed by atoms with Crippen LogP contribution < -0.4 is 0 Å². The van der Waals surface area contributed by atoms with Crippen LogP contribution in [0.4, 0.5) is 13.2 Å². The predicted molar refractivity (Wildman–Crippen MR) is 84.4 cm³/mol. The van der Waals surface area contributed by atoms with E-state index >= 15 is 0 Å². The molecule has 4 nitrogen and oxygen atoms in total. The maximum atomic E-state index is 12.8. The normalized spacial score (nSPS) is 20.1. The molecule has 1 amide bonds. The molecule has 1 heterocycles. The SMILES string of the molecule is CCCCN(C(=O)c1cccc(C(F)(F)F)c1)[C@@H]1CCS(=O)(=O)C1. The van der Waals surface area contributed by atoms with Crippen LogP contribution in [0.15, 0.2) is 24.3 Å². The van der Waals surface area contributed by atoms with Gasteiger partial charge in [0.2, 0.25) is 0 Å². The van der Waals surface area contributed by atoms with Gasteiger partial charge in [-0.1, -0.05) is 19.4 Å². The molecule has 0 unspecified atom stereocenters. The van der Waals surface area contributed by atoms with Crippen LogP contribution in [0.2, 0.25) is 0 Å². The summed E-state index contributed by atoms with van der Waals surface area (Å²) in [5, 5.41) is 0. The van der Waals surface area contributed by atoms with Crippen molar-refractivity contribution >= 4 is 15.7 Å². The minimum Gasteiger partial charge on any atom is -0.335 e. The topological polar surface area (TPSA) is 54.5 Å². The molecule has 0 N–H and O–H groups in total. The summed E-state index contributed by atoms with van der Waals surface area (Å²) in [4.78, 5) is 14.1. The van der Waals surface area contributed by atoms with Gasteiger partial charge in [0, 0.05) is 18.2 Å². The van der Waals surface area contributed by atoms with Gasteiger partial charge >= 0.3 is 6.18 Å². The zero-order valence-electron chi connectivity index (χ0n) is 13.3. The molecule has 1 saturated heterocycles. The predicted octanol–water partition coefficient (Wildman–Crippen LogP) is 3.13. The number of benzene rings is 1. The van der Waals surface area contributed by atoms with Crippen LogP contribution in [-0.4, -0.2) is 43.3 Å². The van der Waals surface area contributed by atoms with E-state index in [0.29, 0.717) is 19.4 Å². The van der Waals surface area contributed by atoms with Crippen molar-refractivity contribution < 1.29 is 26.4 Å². The fourth-order valence-electron chi connectivity index (χ4n) is 2.79. The molecular weight excluding hydrogens is 343 g/mol. The Bertz CT molecular complexity index is 701. The summed E-state index contributed by atoms with van der Waals surface area (Å²) >= 11 is 0. The summed E-state index contributed by atoms with van der Waals surface area (Å²) in [6.07, 6.45) is -2.73. The minimum atomic E-state index is -4.53. The maximum absolute atomic E-state index is 12.8. The number of alkyl halides is 3. The van der Waals surface area contributed by atoms with Gasteiger partial charge in [0.15, 0.2) is 9.84 Å². The fraction of sp³-hybridized carbons (Fsp3) is 0.562. The molecule has 1 aliphatic heterocycles. The summed E-state index contributed by atoms with van der Waals surface area (Å²) < 4.78 is 61.9. The Morgan fingerprint density at radius 3 is 2.58 bits per heavy atom. The Morgan fingerprint density at radius 1 is 1.33 bits per heavy atom. The molecule has 1 aromatic carbocycles. The van der Waals surface area contributed by atoms with Gasteiger partial charge in [0.05, 0.1) is 17.1 Å². The molecule has 8 heteroatoms. The molecule has 2 rings (SSSR count). The Morgan fingerprint density at radius 2 is 2.04 bits per heavy atom. The molecular formula is C16H20F3NO3S. The van der Waals surface area contributed by atoms with Crippen LogP contribution in [0, 0.1) is 0 Å². The van der Waals surface area contributed by atoms with E-state index in [4.69, 9.17) is 0 Å². The van der Waals surface area contributed by atoms with Gasteiger partial charge in [-0.15, -0.1) is 0 Å². The zero-order valence-corrected chi connectivity index (χ0v) is 14.2. The smallest absolute Gasteiger partial charge is 0.335 e. The molecule has 0 saturated carbocycles.